The van der Waals surface area contributed by atoms with Crippen LogP contribution in [0.25, 0.3) is 11.3 Å². The number of alkyl halides is 3. The Morgan fingerprint density at radius 1 is 1.23 bits per heavy atom. The number of Topliss-reactive ketones (excluding diaryl/α,β-unsaturated/α-hetero) is 1. The number of hydrogen-bond donors (Lipinski definition) is 1. The number of halogens is 3. The van der Waals surface area contributed by atoms with Crippen molar-refractivity contribution in [2.75, 3.05) is 5.32 Å². The maximum atomic E-state index is 12.9. The van der Waals surface area contributed by atoms with E-state index in [1.54, 1.807) is 23.0 Å². The lowest BCUT2D eigenvalue weighted by atomic mass is 9.94. The quantitative estimate of drug-likeness (QED) is 0.675. The lowest BCUT2D eigenvalue weighted by Gasteiger charge is -2.20. The standard InChI is InChI=1S/C20H19F3N6O/c1-12-7-13(17-11-29(28-27-17)15-3-2-4-16(30)10-15)9-14(8-12)25-19-24-6-5-18(26-19)20(21,22)23/h5-9,11,15H,2-4,10H2,1H3,(H,24,25,26). The van der Waals surface area contributed by atoms with Gasteiger partial charge < -0.3 is 5.32 Å². The molecule has 4 rings (SSSR count). The molecule has 0 radical (unpaired) electrons. The number of hydrogen-bond acceptors (Lipinski definition) is 6. The number of aryl methyl sites for hydroxylation is 1. The molecule has 0 saturated heterocycles. The van der Waals surface area contributed by atoms with Gasteiger partial charge in [0.2, 0.25) is 5.95 Å². The Kier molecular flexibility index (Phi) is 5.23. The normalized spacial score (nSPS) is 17.2. The smallest absolute Gasteiger partial charge is 0.324 e. The summed E-state index contributed by atoms with van der Waals surface area (Å²) in [5.41, 5.74) is 1.76. The molecule has 2 heterocycles. The average Bonchev–Trinajstić information content (AvgIpc) is 3.17. The fourth-order valence-electron chi connectivity index (χ4n) is 3.52. The van der Waals surface area contributed by atoms with Crippen molar-refractivity contribution in [3.05, 3.63) is 47.9 Å². The Hall–Kier alpha value is -3.30. The second kappa shape index (κ2) is 7.85. The topological polar surface area (TPSA) is 85.6 Å². The van der Waals surface area contributed by atoms with Crippen molar-refractivity contribution in [1.29, 1.82) is 0 Å². The number of anilines is 2. The second-order valence-corrected chi connectivity index (χ2v) is 7.35. The van der Waals surface area contributed by atoms with Gasteiger partial charge >= 0.3 is 6.18 Å². The first kappa shape index (κ1) is 20.0. The van der Waals surface area contributed by atoms with Gasteiger partial charge in [-0.05, 0) is 49.6 Å². The molecule has 0 amide bonds. The van der Waals surface area contributed by atoms with Crippen LogP contribution < -0.4 is 5.32 Å². The number of nitrogens with one attached hydrogen (secondary N) is 1. The predicted octanol–water partition coefficient (Wildman–Crippen LogP) is 4.49. The Morgan fingerprint density at radius 3 is 2.83 bits per heavy atom. The maximum absolute atomic E-state index is 12.9. The van der Waals surface area contributed by atoms with E-state index >= 15 is 0 Å². The Balaban J connectivity index is 1.58. The molecule has 30 heavy (non-hydrogen) atoms. The van der Waals surface area contributed by atoms with E-state index in [1.807, 2.05) is 13.0 Å². The van der Waals surface area contributed by atoms with Gasteiger partial charge in [-0.3, -0.25) is 4.79 Å². The third kappa shape index (κ3) is 4.47. The van der Waals surface area contributed by atoms with Crippen molar-refractivity contribution in [3.63, 3.8) is 0 Å². The number of carbonyl (C=O) groups is 1. The van der Waals surface area contributed by atoms with E-state index in [0.29, 0.717) is 24.2 Å². The number of carbonyl (C=O) groups excluding carboxylic acids is 1. The molecule has 1 saturated carbocycles. The molecule has 1 fully saturated rings. The zero-order chi connectivity index (χ0) is 21.3. The van der Waals surface area contributed by atoms with Crippen LogP contribution >= 0.6 is 0 Å². The monoisotopic (exact) mass is 416 g/mol. The van der Waals surface area contributed by atoms with Crippen LogP contribution in [0.5, 0.6) is 0 Å². The highest BCUT2D eigenvalue weighted by Crippen LogP contribution is 2.30. The summed E-state index contributed by atoms with van der Waals surface area (Å²) in [6.45, 7) is 1.87. The number of rotatable bonds is 4. The van der Waals surface area contributed by atoms with E-state index in [0.717, 1.165) is 36.2 Å². The van der Waals surface area contributed by atoms with Crippen LogP contribution in [-0.4, -0.2) is 30.7 Å². The van der Waals surface area contributed by atoms with Crippen LogP contribution in [0.15, 0.2) is 36.7 Å². The Morgan fingerprint density at radius 2 is 2.07 bits per heavy atom. The SMILES string of the molecule is Cc1cc(Nc2nccc(C(F)(F)F)n2)cc(-c2cn(C3CCCC(=O)C3)nn2)c1. The van der Waals surface area contributed by atoms with Crippen molar-refractivity contribution in [1.82, 2.24) is 25.0 Å². The summed E-state index contributed by atoms with van der Waals surface area (Å²) in [5.74, 6) is 0.0807. The lowest BCUT2D eigenvalue weighted by Crippen LogP contribution is -2.19. The van der Waals surface area contributed by atoms with Crippen molar-refractivity contribution in [2.24, 2.45) is 0 Å². The zero-order valence-corrected chi connectivity index (χ0v) is 16.1. The summed E-state index contributed by atoms with van der Waals surface area (Å²) >= 11 is 0. The molecular weight excluding hydrogens is 397 g/mol. The first-order chi connectivity index (χ1) is 14.3. The molecule has 156 valence electrons. The Bertz CT molecular complexity index is 1080. The van der Waals surface area contributed by atoms with Crippen LogP contribution in [0.3, 0.4) is 0 Å². The van der Waals surface area contributed by atoms with E-state index < -0.39 is 11.9 Å². The number of benzene rings is 1. The van der Waals surface area contributed by atoms with E-state index in [-0.39, 0.29) is 17.8 Å². The minimum Gasteiger partial charge on any atom is -0.324 e. The first-order valence-electron chi connectivity index (χ1n) is 9.51. The van der Waals surface area contributed by atoms with Gasteiger partial charge in [-0.15, -0.1) is 5.10 Å². The van der Waals surface area contributed by atoms with Crippen molar-refractivity contribution < 1.29 is 18.0 Å². The molecule has 0 bridgehead atoms. The summed E-state index contributed by atoms with van der Waals surface area (Å²) in [6, 6.07) is 6.25. The van der Waals surface area contributed by atoms with Gasteiger partial charge in [-0.2, -0.15) is 13.2 Å². The average molecular weight is 416 g/mol. The zero-order valence-electron chi connectivity index (χ0n) is 16.1. The van der Waals surface area contributed by atoms with Crippen LogP contribution in [-0.2, 0) is 11.0 Å². The van der Waals surface area contributed by atoms with Gasteiger partial charge in [-0.25, -0.2) is 14.6 Å². The summed E-state index contributed by atoms with van der Waals surface area (Å²) in [7, 11) is 0. The minimum absolute atomic E-state index is 0.00779. The molecule has 1 aromatic carbocycles. The molecule has 2 aromatic heterocycles. The molecule has 1 N–H and O–H groups in total. The van der Waals surface area contributed by atoms with Gasteiger partial charge in [0.25, 0.3) is 0 Å². The highest BCUT2D eigenvalue weighted by Gasteiger charge is 2.32. The molecule has 3 aromatic rings. The van der Waals surface area contributed by atoms with Crippen molar-refractivity contribution >= 4 is 17.4 Å². The van der Waals surface area contributed by atoms with Gasteiger partial charge in [0.15, 0.2) is 0 Å². The molecule has 7 nitrogen and oxygen atoms in total. The molecule has 0 spiro atoms. The maximum Gasteiger partial charge on any atom is 0.433 e. The fourth-order valence-corrected chi connectivity index (χ4v) is 3.52. The van der Waals surface area contributed by atoms with Crippen LogP contribution in [0.1, 0.15) is 43.0 Å². The lowest BCUT2D eigenvalue weighted by molar-refractivity contribution is -0.141. The first-order valence-corrected chi connectivity index (χ1v) is 9.51. The highest BCUT2D eigenvalue weighted by molar-refractivity contribution is 5.79. The van der Waals surface area contributed by atoms with E-state index in [2.05, 4.69) is 25.6 Å². The molecule has 1 unspecified atom stereocenters. The molecular formula is C20H19F3N6O. The Labute approximate surface area is 170 Å². The van der Waals surface area contributed by atoms with Crippen molar-refractivity contribution in [2.45, 2.75) is 44.8 Å². The number of aromatic nitrogens is 5. The summed E-state index contributed by atoms with van der Waals surface area (Å²) < 4.78 is 40.4. The van der Waals surface area contributed by atoms with Crippen LogP contribution in [0.4, 0.5) is 24.8 Å². The largest absolute Gasteiger partial charge is 0.433 e. The van der Waals surface area contributed by atoms with Gasteiger partial charge in [0, 0.05) is 30.3 Å². The summed E-state index contributed by atoms with van der Waals surface area (Å²) in [6.07, 6.45) is 1.10. The van der Waals surface area contributed by atoms with Gasteiger partial charge in [-0.1, -0.05) is 5.21 Å². The minimum atomic E-state index is -4.55. The summed E-state index contributed by atoms with van der Waals surface area (Å²) in [5, 5.41) is 11.2. The predicted molar refractivity (Wildman–Crippen MR) is 103 cm³/mol. The number of nitrogens with zero attached hydrogens (tertiary/aromatic N) is 5. The number of ketones is 1. The van der Waals surface area contributed by atoms with Gasteiger partial charge in [0.1, 0.15) is 17.2 Å². The van der Waals surface area contributed by atoms with Gasteiger partial charge in [0.05, 0.1) is 12.2 Å². The van der Waals surface area contributed by atoms with Crippen LogP contribution in [0.2, 0.25) is 0 Å². The van der Waals surface area contributed by atoms with E-state index in [4.69, 9.17) is 0 Å². The molecule has 1 aliphatic rings. The molecule has 0 aliphatic heterocycles. The molecule has 1 atom stereocenters. The van der Waals surface area contributed by atoms with Crippen LogP contribution in [0, 0.1) is 6.92 Å². The summed E-state index contributed by atoms with van der Waals surface area (Å²) in [4.78, 5) is 19.1. The fraction of sp³-hybridized carbons (Fsp3) is 0.350. The van der Waals surface area contributed by atoms with E-state index in [9.17, 15) is 18.0 Å². The molecule has 10 heteroatoms. The third-order valence-electron chi connectivity index (χ3n) is 4.92. The van der Waals surface area contributed by atoms with Crippen molar-refractivity contribution in [3.8, 4) is 11.3 Å². The van der Waals surface area contributed by atoms with E-state index in [1.165, 1.54) is 0 Å². The third-order valence-corrected chi connectivity index (χ3v) is 4.92. The molecule has 1 aliphatic carbocycles. The highest BCUT2D eigenvalue weighted by atomic mass is 19.4. The second-order valence-electron chi connectivity index (χ2n) is 7.35.